The van der Waals surface area contributed by atoms with E-state index in [1.165, 1.54) is 18.2 Å². The van der Waals surface area contributed by atoms with Crippen LogP contribution in [0.3, 0.4) is 0 Å². The van der Waals surface area contributed by atoms with Crippen LogP contribution >= 0.6 is 0 Å². The van der Waals surface area contributed by atoms with E-state index in [0.29, 0.717) is 6.54 Å². The first kappa shape index (κ1) is 13.4. The predicted octanol–water partition coefficient (Wildman–Crippen LogP) is 2.26. The van der Waals surface area contributed by atoms with E-state index in [9.17, 15) is 15.0 Å². The van der Waals surface area contributed by atoms with Gasteiger partial charge in [0.05, 0.1) is 5.56 Å². The van der Waals surface area contributed by atoms with Crippen molar-refractivity contribution in [1.29, 1.82) is 0 Å². The first-order chi connectivity index (χ1) is 7.87. The van der Waals surface area contributed by atoms with E-state index in [1.54, 1.807) is 0 Å². The van der Waals surface area contributed by atoms with E-state index in [4.69, 9.17) is 0 Å². The van der Waals surface area contributed by atoms with E-state index < -0.39 is 0 Å². The molecule has 0 heterocycles. The molecular formula is C13H19NO3. The molecule has 0 aliphatic heterocycles. The second-order valence-electron chi connectivity index (χ2n) is 4.87. The summed E-state index contributed by atoms with van der Waals surface area (Å²) < 4.78 is 0. The maximum absolute atomic E-state index is 11.8. The predicted molar refractivity (Wildman–Crippen MR) is 66.2 cm³/mol. The second kappa shape index (κ2) is 5.08. The maximum Gasteiger partial charge on any atom is 0.255 e. The number of rotatable bonds is 4. The lowest BCUT2D eigenvalue weighted by Crippen LogP contribution is -2.33. The number of phenolic OH excluding ortho intramolecular Hbond substituents is 2. The molecule has 3 N–H and O–H groups in total. The van der Waals surface area contributed by atoms with Crippen molar-refractivity contribution in [2.24, 2.45) is 5.41 Å². The maximum atomic E-state index is 11.8. The summed E-state index contributed by atoms with van der Waals surface area (Å²) in [6.07, 6.45) is 0.944. The van der Waals surface area contributed by atoms with Gasteiger partial charge in [0.25, 0.3) is 5.91 Å². The number of nitrogens with one attached hydrogen (secondary N) is 1. The molecule has 1 aromatic rings. The van der Waals surface area contributed by atoms with Crippen LogP contribution in [0, 0.1) is 5.41 Å². The Bertz CT molecular complexity index is 413. The molecule has 0 aliphatic carbocycles. The van der Waals surface area contributed by atoms with Crippen molar-refractivity contribution < 1.29 is 15.0 Å². The highest BCUT2D eigenvalue weighted by Crippen LogP contribution is 2.28. The summed E-state index contributed by atoms with van der Waals surface area (Å²) in [4.78, 5) is 11.8. The third-order valence-electron chi connectivity index (χ3n) is 2.94. The second-order valence-corrected chi connectivity index (χ2v) is 4.87. The van der Waals surface area contributed by atoms with Crippen LogP contribution in [0.15, 0.2) is 18.2 Å². The van der Waals surface area contributed by atoms with Gasteiger partial charge in [-0.05, 0) is 24.0 Å². The van der Waals surface area contributed by atoms with Gasteiger partial charge in [-0.2, -0.15) is 0 Å². The Morgan fingerprint density at radius 1 is 1.35 bits per heavy atom. The number of phenols is 2. The zero-order valence-corrected chi connectivity index (χ0v) is 10.4. The van der Waals surface area contributed by atoms with Crippen LogP contribution in [0.5, 0.6) is 11.5 Å². The summed E-state index contributed by atoms with van der Waals surface area (Å²) in [6, 6.07) is 4.33. The number of hydrogen-bond acceptors (Lipinski definition) is 3. The number of carbonyl (C=O) groups is 1. The average molecular weight is 237 g/mol. The van der Waals surface area contributed by atoms with Gasteiger partial charge in [0.2, 0.25) is 0 Å². The molecule has 0 saturated heterocycles. The largest absolute Gasteiger partial charge is 0.504 e. The van der Waals surface area contributed by atoms with Crippen LogP contribution in [0.4, 0.5) is 0 Å². The van der Waals surface area contributed by atoms with Gasteiger partial charge in [0.1, 0.15) is 0 Å². The normalized spacial score (nSPS) is 11.2. The molecule has 17 heavy (non-hydrogen) atoms. The highest BCUT2D eigenvalue weighted by atomic mass is 16.3. The Kier molecular flexibility index (Phi) is 3.99. The molecule has 1 amide bonds. The van der Waals surface area contributed by atoms with Gasteiger partial charge < -0.3 is 15.5 Å². The Morgan fingerprint density at radius 3 is 2.59 bits per heavy atom. The van der Waals surface area contributed by atoms with Gasteiger partial charge in [-0.25, -0.2) is 0 Å². The molecule has 0 aromatic heterocycles. The molecule has 0 bridgehead atoms. The first-order valence-corrected chi connectivity index (χ1v) is 5.66. The quantitative estimate of drug-likeness (QED) is 0.703. The van der Waals surface area contributed by atoms with Gasteiger partial charge in [-0.1, -0.05) is 26.8 Å². The van der Waals surface area contributed by atoms with Gasteiger partial charge in [-0.3, -0.25) is 4.79 Å². The molecule has 0 radical (unpaired) electrons. The molecule has 0 unspecified atom stereocenters. The van der Waals surface area contributed by atoms with E-state index in [2.05, 4.69) is 26.1 Å². The molecule has 94 valence electrons. The minimum atomic E-state index is -0.376. The number of amides is 1. The lowest BCUT2D eigenvalue weighted by molar-refractivity contribution is 0.0932. The number of benzene rings is 1. The zero-order chi connectivity index (χ0) is 13.1. The molecule has 1 aromatic carbocycles. The minimum Gasteiger partial charge on any atom is -0.504 e. The van der Waals surface area contributed by atoms with Crippen molar-refractivity contribution in [2.45, 2.75) is 27.2 Å². The summed E-state index contributed by atoms with van der Waals surface area (Å²) in [5.41, 5.74) is 0.110. The van der Waals surface area contributed by atoms with Crippen molar-refractivity contribution >= 4 is 5.91 Å². The fourth-order valence-corrected chi connectivity index (χ4v) is 1.25. The summed E-state index contributed by atoms with van der Waals surface area (Å²) in [5.74, 6) is -1.04. The summed E-state index contributed by atoms with van der Waals surface area (Å²) >= 11 is 0. The third kappa shape index (κ3) is 3.37. The Morgan fingerprint density at radius 2 is 2.00 bits per heavy atom. The lowest BCUT2D eigenvalue weighted by Gasteiger charge is -2.22. The van der Waals surface area contributed by atoms with E-state index in [1.807, 2.05) is 0 Å². The molecule has 4 nitrogen and oxygen atoms in total. The Hall–Kier alpha value is -1.71. The molecular weight excluding hydrogens is 218 g/mol. The number of aromatic hydroxyl groups is 2. The van der Waals surface area contributed by atoms with Crippen LogP contribution in [0.2, 0.25) is 0 Å². The monoisotopic (exact) mass is 237 g/mol. The SMILES string of the molecule is CCC(C)(C)CNC(=O)c1cccc(O)c1O. The average Bonchev–Trinajstić information content (AvgIpc) is 2.30. The fraction of sp³-hybridized carbons (Fsp3) is 0.462. The van der Waals surface area contributed by atoms with Crippen LogP contribution in [-0.2, 0) is 0 Å². The van der Waals surface area contributed by atoms with Gasteiger partial charge >= 0.3 is 0 Å². The molecule has 1 rings (SSSR count). The Balaban J connectivity index is 2.74. The van der Waals surface area contributed by atoms with Crippen LogP contribution in [0.25, 0.3) is 0 Å². The molecule has 0 saturated carbocycles. The Labute approximate surface area is 101 Å². The van der Waals surface area contributed by atoms with Crippen molar-refractivity contribution in [3.8, 4) is 11.5 Å². The lowest BCUT2D eigenvalue weighted by atomic mass is 9.90. The smallest absolute Gasteiger partial charge is 0.255 e. The van der Waals surface area contributed by atoms with Crippen molar-refractivity contribution in [1.82, 2.24) is 5.32 Å². The number of carbonyl (C=O) groups excluding carboxylic acids is 1. The molecule has 4 heteroatoms. The van der Waals surface area contributed by atoms with Gasteiger partial charge in [-0.15, -0.1) is 0 Å². The van der Waals surface area contributed by atoms with Crippen LogP contribution < -0.4 is 5.32 Å². The molecule has 0 atom stereocenters. The molecule has 0 aliphatic rings. The minimum absolute atomic E-state index is 0.0160. The van der Waals surface area contributed by atoms with E-state index in [-0.39, 0.29) is 28.4 Å². The summed E-state index contributed by atoms with van der Waals surface area (Å²) in [7, 11) is 0. The zero-order valence-electron chi connectivity index (χ0n) is 10.4. The topological polar surface area (TPSA) is 69.6 Å². The standard InChI is InChI=1S/C13H19NO3/c1-4-13(2,3)8-14-12(17)9-6-5-7-10(15)11(9)16/h5-7,15-16H,4,8H2,1-3H3,(H,14,17). The number of hydrogen-bond donors (Lipinski definition) is 3. The van der Waals surface area contributed by atoms with E-state index >= 15 is 0 Å². The van der Waals surface area contributed by atoms with Gasteiger partial charge in [0.15, 0.2) is 11.5 Å². The van der Waals surface area contributed by atoms with Crippen LogP contribution in [0.1, 0.15) is 37.6 Å². The number of para-hydroxylation sites is 1. The van der Waals surface area contributed by atoms with Crippen molar-refractivity contribution in [3.63, 3.8) is 0 Å². The van der Waals surface area contributed by atoms with Crippen molar-refractivity contribution in [2.75, 3.05) is 6.54 Å². The molecule has 0 fully saturated rings. The van der Waals surface area contributed by atoms with E-state index in [0.717, 1.165) is 6.42 Å². The highest BCUT2D eigenvalue weighted by Gasteiger charge is 2.19. The summed E-state index contributed by atoms with van der Waals surface area (Å²) in [5, 5.41) is 21.6. The molecule has 0 spiro atoms. The van der Waals surface area contributed by atoms with Crippen molar-refractivity contribution in [3.05, 3.63) is 23.8 Å². The highest BCUT2D eigenvalue weighted by molar-refractivity contribution is 5.97. The fourth-order valence-electron chi connectivity index (χ4n) is 1.25. The summed E-state index contributed by atoms with van der Waals surface area (Å²) in [6.45, 7) is 6.68. The van der Waals surface area contributed by atoms with Gasteiger partial charge in [0, 0.05) is 6.54 Å². The van der Waals surface area contributed by atoms with Crippen LogP contribution in [-0.4, -0.2) is 22.7 Å². The first-order valence-electron chi connectivity index (χ1n) is 5.66. The third-order valence-corrected chi connectivity index (χ3v) is 2.94.